The zero-order valence-corrected chi connectivity index (χ0v) is 17.0. The molecular formula is C18H29ClN2O5S. The van der Waals surface area contributed by atoms with Gasteiger partial charge in [0.25, 0.3) is 0 Å². The maximum Gasteiger partial charge on any atom is 0.240 e. The smallest absolute Gasteiger partial charge is 0.240 e. The molecule has 7 nitrogen and oxygen atoms in total. The molecule has 0 spiro atoms. The number of rotatable bonds is 6. The molecule has 0 unspecified atom stereocenters. The number of nitrogens with zero attached hydrogens (tertiary/aromatic N) is 1. The Morgan fingerprint density at radius 1 is 1.19 bits per heavy atom. The summed E-state index contributed by atoms with van der Waals surface area (Å²) < 4.78 is 33.3. The van der Waals surface area contributed by atoms with Gasteiger partial charge in [-0.1, -0.05) is 25.1 Å². The molecule has 0 aliphatic carbocycles. The second kappa shape index (κ2) is 9.65. The predicted molar refractivity (Wildman–Crippen MR) is 104 cm³/mol. The number of ether oxygens (including phenoxy) is 1. The summed E-state index contributed by atoms with van der Waals surface area (Å²) in [6, 6.07) is 7.85. The minimum atomic E-state index is -3.65. The highest BCUT2D eigenvalue weighted by molar-refractivity contribution is 7.89. The molecule has 0 saturated carbocycles. The molecule has 154 valence electrons. The monoisotopic (exact) mass is 420 g/mol. The van der Waals surface area contributed by atoms with E-state index in [1.807, 2.05) is 0 Å². The lowest BCUT2D eigenvalue weighted by Gasteiger charge is -2.38. The Morgan fingerprint density at radius 3 is 2.41 bits per heavy atom. The van der Waals surface area contributed by atoms with Crippen LogP contribution >= 0.6 is 12.4 Å². The van der Waals surface area contributed by atoms with Crippen molar-refractivity contribution in [2.24, 2.45) is 5.92 Å². The number of sulfonamides is 1. The van der Waals surface area contributed by atoms with Crippen molar-refractivity contribution < 1.29 is 23.4 Å². The second-order valence-electron chi connectivity index (χ2n) is 7.26. The Balaban J connectivity index is 0.00000261. The van der Waals surface area contributed by atoms with E-state index in [1.165, 1.54) is 12.1 Å². The molecule has 1 aromatic rings. The van der Waals surface area contributed by atoms with Gasteiger partial charge in [-0.2, -0.15) is 0 Å². The first kappa shape index (κ1) is 22.5. The maximum atomic E-state index is 12.5. The van der Waals surface area contributed by atoms with E-state index >= 15 is 0 Å². The summed E-state index contributed by atoms with van der Waals surface area (Å²) >= 11 is 0. The lowest BCUT2D eigenvalue weighted by Crippen LogP contribution is -2.53. The highest BCUT2D eigenvalue weighted by atomic mass is 35.5. The summed E-state index contributed by atoms with van der Waals surface area (Å²) in [6.07, 6.45) is 0.0459. The number of aliphatic hydroxyl groups is 2. The van der Waals surface area contributed by atoms with Crippen LogP contribution in [0.4, 0.5) is 0 Å². The minimum Gasteiger partial charge on any atom is -0.394 e. The lowest BCUT2D eigenvalue weighted by molar-refractivity contribution is -0.0201. The van der Waals surface area contributed by atoms with E-state index in [0.29, 0.717) is 5.92 Å². The number of aliphatic hydroxyl groups excluding tert-OH is 2. The molecule has 2 heterocycles. The number of nitrogens with one attached hydrogen (secondary N) is 1. The molecule has 0 radical (unpaired) electrons. The van der Waals surface area contributed by atoms with Gasteiger partial charge in [-0.05, 0) is 44.0 Å². The molecule has 3 N–H and O–H groups in total. The third-order valence-corrected chi connectivity index (χ3v) is 6.85. The minimum absolute atomic E-state index is 0. The third-order valence-electron chi connectivity index (χ3n) is 5.41. The average Bonchev–Trinajstić information content (AvgIpc) is 2.97. The van der Waals surface area contributed by atoms with Crippen molar-refractivity contribution in [2.45, 2.75) is 49.0 Å². The quantitative estimate of drug-likeness (QED) is 0.623. The molecule has 2 aliphatic heterocycles. The molecule has 3 rings (SSSR count). The zero-order chi connectivity index (χ0) is 18.7. The van der Waals surface area contributed by atoms with Crippen molar-refractivity contribution in [3.63, 3.8) is 0 Å². The Kier molecular flexibility index (Phi) is 8.05. The van der Waals surface area contributed by atoms with Crippen molar-refractivity contribution in [3.8, 4) is 0 Å². The molecule has 2 saturated heterocycles. The Hall–Kier alpha value is -0.740. The van der Waals surface area contributed by atoms with E-state index in [9.17, 15) is 18.6 Å². The molecule has 2 fully saturated rings. The highest BCUT2D eigenvalue weighted by Gasteiger charge is 2.46. The topological polar surface area (TPSA) is 99.1 Å². The van der Waals surface area contributed by atoms with Gasteiger partial charge in [0.2, 0.25) is 10.0 Å². The molecular weight excluding hydrogens is 392 g/mol. The van der Waals surface area contributed by atoms with Crippen LogP contribution < -0.4 is 4.72 Å². The van der Waals surface area contributed by atoms with Gasteiger partial charge in [0.05, 0.1) is 23.6 Å². The van der Waals surface area contributed by atoms with E-state index in [4.69, 9.17) is 4.74 Å². The standard InChI is InChI=1S/C18H28N2O5S.ClH/c1-13-7-9-20(10-8-13)17-15(25-16(12-21)18(17)22)11-19-26(23,24)14-5-3-2-4-6-14;/h2-6,13,15-19,21-22H,7-12H2,1H3;1H/t15-,16+,17+,18-;/m1./s1. The molecule has 1 aromatic carbocycles. The van der Waals surface area contributed by atoms with E-state index in [1.54, 1.807) is 18.2 Å². The Morgan fingerprint density at radius 2 is 1.81 bits per heavy atom. The summed E-state index contributed by atoms with van der Waals surface area (Å²) in [5.74, 6) is 0.648. The SMILES string of the molecule is CC1CCN([C@@H]2[C@H](O)[C@H](CO)O[C@@H]2CNS(=O)(=O)c2ccccc2)CC1.Cl. The van der Waals surface area contributed by atoms with Crippen molar-refractivity contribution in [3.05, 3.63) is 30.3 Å². The largest absolute Gasteiger partial charge is 0.394 e. The van der Waals surface area contributed by atoms with Crippen molar-refractivity contribution in [1.82, 2.24) is 9.62 Å². The van der Waals surface area contributed by atoms with E-state index in [0.717, 1.165) is 25.9 Å². The van der Waals surface area contributed by atoms with Gasteiger partial charge in [-0.3, -0.25) is 4.90 Å². The van der Waals surface area contributed by atoms with E-state index in [2.05, 4.69) is 16.5 Å². The molecule has 0 aromatic heterocycles. The maximum absolute atomic E-state index is 12.5. The molecule has 0 bridgehead atoms. The van der Waals surface area contributed by atoms with Crippen molar-refractivity contribution in [2.75, 3.05) is 26.2 Å². The fourth-order valence-electron chi connectivity index (χ4n) is 3.80. The summed E-state index contributed by atoms with van der Waals surface area (Å²) in [4.78, 5) is 2.36. The van der Waals surface area contributed by atoms with Gasteiger partial charge in [-0.15, -0.1) is 12.4 Å². The number of benzene rings is 1. The average molecular weight is 421 g/mol. The fourth-order valence-corrected chi connectivity index (χ4v) is 4.86. The van der Waals surface area contributed by atoms with Gasteiger partial charge >= 0.3 is 0 Å². The van der Waals surface area contributed by atoms with Crippen LogP contribution in [0.3, 0.4) is 0 Å². The van der Waals surface area contributed by atoms with E-state index in [-0.39, 0.29) is 36.5 Å². The normalized spacial score (nSPS) is 30.2. The number of hydrogen-bond donors (Lipinski definition) is 3. The summed E-state index contributed by atoms with van der Waals surface area (Å²) in [5, 5.41) is 20.1. The Labute approximate surface area is 167 Å². The van der Waals surface area contributed by atoms with Crippen LogP contribution in [-0.4, -0.2) is 74.1 Å². The van der Waals surface area contributed by atoms with Crippen LogP contribution in [0, 0.1) is 5.92 Å². The van der Waals surface area contributed by atoms with E-state index < -0.39 is 28.3 Å². The number of halogens is 1. The van der Waals surface area contributed by atoms with Crippen molar-refractivity contribution >= 4 is 22.4 Å². The first-order valence-corrected chi connectivity index (χ1v) is 10.6. The van der Waals surface area contributed by atoms with Crippen LogP contribution in [-0.2, 0) is 14.8 Å². The van der Waals surface area contributed by atoms with Crippen LogP contribution in [0.1, 0.15) is 19.8 Å². The van der Waals surface area contributed by atoms with Gasteiger partial charge < -0.3 is 14.9 Å². The highest BCUT2D eigenvalue weighted by Crippen LogP contribution is 2.29. The zero-order valence-electron chi connectivity index (χ0n) is 15.4. The third kappa shape index (κ3) is 5.20. The summed E-state index contributed by atoms with van der Waals surface area (Å²) in [6.45, 7) is 3.66. The first-order chi connectivity index (χ1) is 12.4. The van der Waals surface area contributed by atoms with Gasteiger partial charge in [0.1, 0.15) is 12.2 Å². The van der Waals surface area contributed by atoms with Crippen LogP contribution in [0.5, 0.6) is 0 Å². The fraction of sp³-hybridized carbons (Fsp3) is 0.667. The number of likely N-dealkylation sites (tertiary alicyclic amines) is 1. The van der Waals surface area contributed by atoms with Crippen LogP contribution in [0.2, 0.25) is 0 Å². The summed E-state index contributed by atoms with van der Waals surface area (Å²) in [5.41, 5.74) is 0. The molecule has 9 heteroatoms. The molecule has 0 amide bonds. The number of hydrogen-bond acceptors (Lipinski definition) is 6. The molecule has 2 aliphatic rings. The van der Waals surface area contributed by atoms with Crippen LogP contribution in [0.15, 0.2) is 35.2 Å². The summed E-state index contributed by atoms with van der Waals surface area (Å²) in [7, 11) is -3.65. The predicted octanol–water partition coefficient (Wildman–Crippen LogP) is 0.608. The number of piperidine rings is 1. The Bertz CT molecular complexity index is 682. The van der Waals surface area contributed by atoms with Crippen LogP contribution in [0.25, 0.3) is 0 Å². The second-order valence-corrected chi connectivity index (χ2v) is 9.03. The lowest BCUT2D eigenvalue weighted by atomic mass is 9.94. The van der Waals surface area contributed by atoms with Gasteiger partial charge in [-0.25, -0.2) is 13.1 Å². The first-order valence-electron chi connectivity index (χ1n) is 9.15. The van der Waals surface area contributed by atoms with Crippen molar-refractivity contribution in [1.29, 1.82) is 0 Å². The molecule has 4 atom stereocenters. The molecule has 27 heavy (non-hydrogen) atoms. The van der Waals surface area contributed by atoms with Gasteiger partial charge in [0, 0.05) is 6.54 Å². The van der Waals surface area contributed by atoms with Gasteiger partial charge in [0.15, 0.2) is 0 Å².